The highest BCUT2D eigenvalue weighted by Gasteiger charge is 2.54. The highest BCUT2D eigenvalue weighted by Crippen LogP contribution is 2.53. The van der Waals surface area contributed by atoms with Crippen molar-refractivity contribution in [3.8, 4) is 29.2 Å². The Balaban J connectivity index is 1.41. The summed E-state index contributed by atoms with van der Waals surface area (Å²) in [7, 11) is -1.14. The zero-order valence-corrected chi connectivity index (χ0v) is 44.0. The van der Waals surface area contributed by atoms with Gasteiger partial charge in [0.1, 0.15) is 47.5 Å². The van der Waals surface area contributed by atoms with Crippen LogP contribution >= 0.6 is 20.1 Å². The number of imidazole rings is 1. The van der Waals surface area contributed by atoms with Crippen molar-refractivity contribution in [3.05, 3.63) is 137 Å². The summed E-state index contributed by atoms with van der Waals surface area (Å²) in [6, 6.07) is 35.3. The first-order valence-corrected chi connectivity index (χ1v) is 27.6. The lowest BCUT2D eigenvalue weighted by Crippen LogP contribution is -2.50. The molecule has 2 aromatic heterocycles. The summed E-state index contributed by atoms with van der Waals surface area (Å²) in [6.07, 6.45) is 0.174. The summed E-state index contributed by atoms with van der Waals surface area (Å²) in [5, 5.41) is 10.0. The van der Waals surface area contributed by atoms with E-state index in [9.17, 15) is 5.26 Å². The second kappa shape index (κ2) is 22.4. The number of benzene rings is 4. The lowest BCUT2D eigenvalue weighted by molar-refractivity contribution is -0.0926. The van der Waals surface area contributed by atoms with Gasteiger partial charge in [-0.3, -0.25) is 4.57 Å². The number of rotatable bonds is 21. The molecular weight excluding hydrogens is 931 g/mol. The van der Waals surface area contributed by atoms with E-state index in [1.807, 2.05) is 71.3 Å². The summed E-state index contributed by atoms with van der Waals surface area (Å²) in [4.78, 5) is 14.1. The zero-order valence-electron chi connectivity index (χ0n) is 41.3. The maximum Gasteiger partial charge on any atom is 0.259 e. The number of aromatic nitrogens is 4. The molecule has 14 nitrogen and oxygen atoms in total. The van der Waals surface area contributed by atoms with Crippen molar-refractivity contribution < 1.29 is 37.2 Å². The molecular formula is C52H64ClN6O8PSi. The summed E-state index contributed by atoms with van der Waals surface area (Å²) in [6.45, 7) is 19.7. The van der Waals surface area contributed by atoms with Gasteiger partial charge in [-0.25, -0.2) is 14.6 Å². The predicted molar refractivity (Wildman–Crippen MR) is 271 cm³/mol. The van der Waals surface area contributed by atoms with E-state index in [4.69, 9.17) is 58.7 Å². The Labute approximate surface area is 413 Å². The molecule has 1 saturated heterocycles. The number of ether oxygens (including phenoxy) is 5. The second-order valence-corrected chi connectivity index (χ2v) is 25.5. The van der Waals surface area contributed by atoms with Gasteiger partial charge in [0.15, 0.2) is 25.7 Å². The lowest BCUT2D eigenvalue weighted by Gasteiger charge is -2.42. The molecule has 1 aliphatic rings. The van der Waals surface area contributed by atoms with Crippen LogP contribution in [0.4, 0.5) is 0 Å². The molecule has 0 amide bonds. The van der Waals surface area contributed by atoms with Gasteiger partial charge in [-0.05, 0) is 111 Å². The third-order valence-corrected chi connectivity index (χ3v) is 19.5. The van der Waals surface area contributed by atoms with Crippen LogP contribution in [-0.2, 0) is 28.5 Å². The van der Waals surface area contributed by atoms with Crippen molar-refractivity contribution in [2.24, 2.45) is 0 Å². The summed E-state index contributed by atoms with van der Waals surface area (Å²) in [5.74, 6) is 2.22. The minimum Gasteiger partial charge on any atom is -0.497 e. The number of halogens is 1. The van der Waals surface area contributed by atoms with Gasteiger partial charge in [-0.15, -0.1) is 0 Å². The van der Waals surface area contributed by atoms with Crippen LogP contribution in [0.5, 0.6) is 23.1 Å². The maximum absolute atomic E-state index is 9.66. The molecule has 6 aromatic rings. The predicted octanol–water partition coefficient (Wildman–Crippen LogP) is 12.2. The third-order valence-electron chi connectivity index (χ3n) is 12.7. The molecule has 1 unspecified atom stereocenters. The highest BCUT2D eigenvalue weighted by molar-refractivity contribution is 7.44. The standard InChI is InChI=1S/C52H64ClN6O8PSi/c1-35(2)59(36(3)4)68(63-31-15-30-54)66-46-44(32-62-52(37-16-13-12-14-17-37,38-18-24-41(60-8)25-19-38)39-20-26-42(61-9)27-21-39)65-50(47(46)67-69(10,11)51(5,6)7)58-34-57-45-48(58)55-33-56-49(45)64-43-28-22-40(53)23-29-43/h12-14,16-29,33-36,44,46-47,50H,15,31-32H2,1-11H3/t44-,46-,47-,50-,68?/m1/s1. The first kappa shape index (κ1) is 51.9. The zero-order chi connectivity index (χ0) is 49.5. The van der Waals surface area contributed by atoms with Crippen LogP contribution in [0.1, 0.15) is 77.8 Å². The molecule has 7 rings (SSSR count). The van der Waals surface area contributed by atoms with Crippen LogP contribution in [0.15, 0.2) is 116 Å². The average molecular weight is 996 g/mol. The van der Waals surface area contributed by atoms with E-state index in [0.29, 0.717) is 33.4 Å². The molecule has 366 valence electrons. The van der Waals surface area contributed by atoms with Crippen molar-refractivity contribution in [3.63, 3.8) is 0 Å². The highest BCUT2D eigenvalue weighted by atomic mass is 35.5. The van der Waals surface area contributed by atoms with Crippen LogP contribution in [0.2, 0.25) is 23.2 Å². The molecule has 0 aliphatic carbocycles. The van der Waals surface area contributed by atoms with Gasteiger partial charge in [-0.2, -0.15) is 10.2 Å². The number of fused-ring (bicyclic) bond motifs is 1. The molecule has 0 radical (unpaired) electrons. The maximum atomic E-state index is 9.66. The minimum absolute atomic E-state index is 0.0166. The van der Waals surface area contributed by atoms with Gasteiger partial charge in [0, 0.05) is 17.1 Å². The average Bonchev–Trinajstić information content (AvgIpc) is 3.91. The number of nitrogens with zero attached hydrogens (tertiary/aromatic N) is 6. The van der Waals surface area contributed by atoms with Crippen LogP contribution in [0.3, 0.4) is 0 Å². The molecule has 17 heteroatoms. The summed E-state index contributed by atoms with van der Waals surface area (Å²) in [5.41, 5.74) is 2.32. The molecule has 1 aliphatic heterocycles. The monoisotopic (exact) mass is 994 g/mol. The van der Waals surface area contributed by atoms with E-state index in [1.54, 1.807) is 44.8 Å². The van der Waals surface area contributed by atoms with Crippen molar-refractivity contribution in [2.45, 2.75) is 115 Å². The SMILES string of the molecule is COc1ccc(C(OC[C@H]2O[C@@H](n3cnc4c(Oc5ccc(Cl)cc5)ncnc43)[C@H](O[Si](C)(C)C(C)(C)C)[C@@H]2OP(OCCC#N)N(C(C)C)C(C)C)(c2ccccc2)c2ccc(OC)cc2)cc1. The third kappa shape index (κ3) is 11.5. The van der Waals surface area contributed by atoms with Crippen LogP contribution in [0, 0.1) is 11.3 Å². The van der Waals surface area contributed by atoms with Crippen LogP contribution in [0.25, 0.3) is 11.2 Å². The molecule has 0 N–H and O–H groups in total. The molecule has 0 bridgehead atoms. The number of methoxy groups -OCH3 is 2. The fraction of sp³-hybridized carbons (Fsp3) is 0.423. The quantitative estimate of drug-likeness (QED) is 0.0292. The Morgan fingerprint density at radius 1 is 0.797 bits per heavy atom. The molecule has 3 heterocycles. The van der Waals surface area contributed by atoms with Crippen molar-refractivity contribution in [1.82, 2.24) is 24.2 Å². The van der Waals surface area contributed by atoms with Crippen molar-refractivity contribution in [1.29, 1.82) is 5.26 Å². The van der Waals surface area contributed by atoms with Gasteiger partial charge in [0.25, 0.3) is 14.4 Å². The molecule has 0 saturated carbocycles. The molecule has 0 spiro atoms. The molecule has 1 fully saturated rings. The normalized spacial score (nSPS) is 18.2. The van der Waals surface area contributed by atoms with Crippen LogP contribution in [-0.4, -0.2) is 90.3 Å². The first-order chi connectivity index (χ1) is 33.0. The Hall–Kier alpha value is -4.98. The first-order valence-electron chi connectivity index (χ1n) is 23.2. The smallest absolute Gasteiger partial charge is 0.259 e. The minimum atomic E-state index is -2.64. The number of hydrogen-bond donors (Lipinski definition) is 0. The fourth-order valence-corrected chi connectivity index (χ4v) is 11.4. The van der Waals surface area contributed by atoms with Gasteiger partial charge < -0.3 is 37.2 Å². The van der Waals surface area contributed by atoms with Gasteiger partial charge >= 0.3 is 0 Å². The van der Waals surface area contributed by atoms with E-state index in [1.165, 1.54) is 6.33 Å². The largest absolute Gasteiger partial charge is 0.497 e. The van der Waals surface area contributed by atoms with E-state index in [-0.39, 0.29) is 42.6 Å². The summed E-state index contributed by atoms with van der Waals surface area (Å²) < 4.78 is 58.2. The van der Waals surface area contributed by atoms with E-state index < -0.39 is 47.0 Å². The Morgan fingerprint density at radius 3 is 1.93 bits per heavy atom. The second-order valence-electron chi connectivity index (χ2n) is 18.9. The van der Waals surface area contributed by atoms with Crippen molar-refractivity contribution >= 4 is 39.6 Å². The Morgan fingerprint density at radius 2 is 1.38 bits per heavy atom. The fourth-order valence-electron chi connectivity index (χ4n) is 8.22. The molecule has 5 atom stereocenters. The number of nitriles is 1. The Bertz CT molecular complexity index is 2570. The number of hydrogen-bond acceptors (Lipinski definition) is 13. The lowest BCUT2D eigenvalue weighted by atomic mass is 9.80. The topological polar surface area (TPSA) is 144 Å². The van der Waals surface area contributed by atoms with Crippen molar-refractivity contribution in [2.75, 3.05) is 27.4 Å². The van der Waals surface area contributed by atoms with E-state index >= 15 is 0 Å². The van der Waals surface area contributed by atoms with Gasteiger partial charge in [0.05, 0.1) is 46.3 Å². The Kier molecular flexibility index (Phi) is 16.8. The summed E-state index contributed by atoms with van der Waals surface area (Å²) >= 11 is 6.20. The molecule has 4 aromatic carbocycles. The van der Waals surface area contributed by atoms with Gasteiger partial charge in [0.2, 0.25) is 0 Å². The van der Waals surface area contributed by atoms with E-state index in [0.717, 1.165) is 16.7 Å². The van der Waals surface area contributed by atoms with E-state index in [2.05, 4.69) is 89.4 Å². The van der Waals surface area contributed by atoms with Crippen LogP contribution < -0.4 is 14.2 Å². The molecule has 69 heavy (non-hydrogen) atoms. The van der Waals surface area contributed by atoms with Gasteiger partial charge in [-0.1, -0.05) is 87.0 Å².